The van der Waals surface area contributed by atoms with E-state index in [0.717, 1.165) is 0 Å². The fourth-order valence-electron chi connectivity index (χ4n) is 5.55. The van der Waals surface area contributed by atoms with Crippen LogP contribution in [-0.4, -0.2) is 0 Å². The van der Waals surface area contributed by atoms with E-state index in [2.05, 4.69) is 97.1 Å². The molecule has 0 bridgehead atoms. The Bertz CT molecular complexity index is 1410. The predicted octanol–water partition coefficient (Wildman–Crippen LogP) is 9.55. The van der Waals surface area contributed by atoms with Gasteiger partial charge in [-0.15, -0.1) is 0 Å². The molecule has 5 aromatic carbocycles. The summed E-state index contributed by atoms with van der Waals surface area (Å²) in [6, 6.07) is 33.7. The lowest BCUT2D eigenvalue weighted by atomic mass is 9.83. The maximum Gasteiger partial charge on any atom is -0.00262 e. The molecule has 0 N–H and O–H groups in total. The van der Waals surface area contributed by atoms with Gasteiger partial charge in [-0.3, -0.25) is 0 Å². The summed E-state index contributed by atoms with van der Waals surface area (Å²) in [6.07, 6.45) is 10.2. The molecule has 5 aromatic rings. The quantitative estimate of drug-likeness (QED) is 0.253. The van der Waals surface area contributed by atoms with E-state index < -0.39 is 0 Å². The minimum Gasteiger partial charge on any atom is -0.0807 e. The largest absolute Gasteiger partial charge is 0.0807 e. The van der Waals surface area contributed by atoms with E-state index in [9.17, 15) is 0 Å². The van der Waals surface area contributed by atoms with E-state index in [0.29, 0.717) is 0 Å². The summed E-state index contributed by atoms with van der Waals surface area (Å²) in [6.45, 7) is 0. The molecule has 0 saturated heterocycles. The maximum atomic E-state index is 2.53. The van der Waals surface area contributed by atoms with Gasteiger partial charge in [0.15, 0.2) is 0 Å². The zero-order chi connectivity index (χ0) is 21.3. The van der Waals surface area contributed by atoms with Crippen LogP contribution in [0.1, 0.15) is 44.1 Å². The third-order valence-corrected chi connectivity index (χ3v) is 7.08. The summed E-state index contributed by atoms with van der Waals surface area (Å²) >= 11 is 0. The van der Waals surface area contributed by atoms with Crippen molar-refractivity contribution in [3.63, 3.8) is 0 Å². The maximum absolute atomic E-state index is 2.53. The molecular weight excluding hydrogens is 384 g/mol. The molecular formula is C32H28. The van der Waals surface area contributed by atoms with E-state index in [1.165, 1.54) is 87.5 Å². The number of rotatable bonds is 2. The van der Waals surface area contributed by atoms with Crippen molar-refractivity contribution >= 4 is 37.9 Å². The van der Waals surface area contributed by atoms with Crippen LogP contribution >= 0.6 is 0 Å². The minimum absolute atomic E-state index is 1.18. The summed E-state index contributed by atoms with van der Waals surface area (Å²) in [4.78, 5) is 0. The van der Waals surface area contributed by atoms with Crippen molar-refractivity contribution in [2.24, 2.45) is 0 Å². The molecule has 0 nitrogen and oxygen atoms in total. The van der Waals surface area contributed by atoms with Crippen molar-refractivity contribution in [3.05, 3.63) is 103 Å². The van der Waals surface area contributed by atoms with Gasteiger partial charge in [0, 0.05) is 0 Å². The van der Waals surface area contributed by atoms with Crippen LogP contribution in [0.4, 0.5) is 0 Å². The summed E-state index contributed by atoms with van der Waals surface area (Å²) < 4.78 is 0. The summed E-state index contributed by atoms with van der Waals surface area (Å²) in [7, 11) is 0. The normalized spacial score (nSPS) is 16.6. The van der Waals surface area contributed by atoms with E-state index >= 15 is 0 Å². The summed E-state index contributed by atoms with van der Waals surface area (Å²) in [5.41, 5.74) is 5.66. The highest BCUT2D eigenvalue weighted by Crippen LogP contribution is 2.43. The third kappa shape index (κ3) is 3.31. The van der Waals surface area contributed by atoms with E-state index in [1.54, 1.807) is 5.57 Å². The molecule has 6 rings (SSSR count). The Balaban J connectivity index is 1.70. The van der Waals surface area contributed by atoms with Gasteiger partial charge in [-0.05, 0) is 86.3 Å². The van der Waals surface area contributed by atoms with Gasteiger partial charge in [0.05, 0.1) is 0 Å². The van der Waals surface area contributed by atoms with Crippen LogP contribution in [0.25, 0.3) is 49.0 Å². The lowest BCUT2D eigenvalue weighted by molar-refractivity contribution is 0.644. The minimum atomic E-state index is 1.18. The van der Waals surface area contributed by atoms with Gasteiger partial charge in [0.25, 0.3) is 0 Å². The van der Waals surface area contributed by atoms with Gasteiger partial charge >= 0.3 is 0 Å². The van der Waals surface area contributed by atoms with Crippen LogP contribution in [0.5, 0.6) is 0 Å². The summed E-state index contributed by atoms with van der Waals surface area (Å²) in [5, 5.41) is 8.09. The van der Waals surface area contributed by atoms with Crippen LogP contribution in [0.3, 0.4) is 0 Å². The first-order chi connectivity index (χ1) is 15.9. The summed E-state index contributed by atoms with van der Waals surface area (Å²) in [5.74, 6) is 0. The van der Waals surface area contributed by atoms with Crippen LogP contribution in [-0.2, 0) is 0 Å². The molecule has 0 radical (unpaired) electrons. The van der Waals surface area contributed by atoms with Crippen molar-refractivity contribution in [1.29, 1.82) is 0 Å². The highest BCUT2D eigenvalue weighted by molar-refractivity contribution is 6.19. The van der Waals surface area contributed by atoms with Gasteiger partial charge in [0.2, 0.25) is 0 Å². The van der Waals surface area contributed by atoms with Crippen molar-refractivity contribution in [2.75, 3.05) is 0 Å². The topological polar surface area (TPSA) is 0 Å². The van der Waals surface area contributed by atoms with Crippen LogP contribution in [0.15, 0.2) is 97.1 Å². The van der Waals surface area contributed by atoms with Gasteiger partial charge in [0.1, 0.15) is 0 Å². The lowest BCUT2D eigenvalue weighted by Gasteiger charge is -2.20. The van der Waals surface area contributed by atoms with Crippen molar-refractivity contribution in [2.45, 2.75) is 38.5 Å². The first-order valence-electron chi connectivity index (χ1n) is 12.0. The fourth-order valence-corrected chi connectivity index (χ4v) is 5.55. The average molecular weight is 413 g/mol. The Labute approximate surface area is 190 Å². The molecule has 156 valence electrons. The van der Waals surface area contributed by atoms with E-state index in [4.69, 9.17) is 0 Å². The molecule has 0 heteroatoms. The van der Waals surface area contributed by atoms with Crippen LogP contribution in [0.2, 0.25) is 0 Å². The molecule has 0 unspecified atom stereocenters. The highest BCUT2D eigenvalue weighted by atomic mass is 14.2. The first-order valence-corrected chi connectivity index (χ1v) is 12.0. The van der Waals surface area contributed by atoms with Crippen molar-refractivity contribution in [3.8, 4) is 11.1 Å². The number of fused-ring (bicyclic) bond motifs is 3. The molecule has 0 saturated carbocycles. The molecule has 0 aromatic heterocycles. The van der Waals surface area contributed by atoms with Crippen LogP contribution < -0.4 is 0 Å². The first kappa shape index (κ1) is 19.3. The Morgan fingerprint density at radius 3 is 1.78 bits per heavy atom. The zero-order valence-corrected chi connectivity index (χ0v) is 18.5. The number of hydrogen-bond acceptors (Lipinski definition) is 0. The van der Waals surface area contributed by atoms with Gasteiger partial charge in [-0.1, -0.05) is 104 Å². The van der Waals surface area contributed by atoms with Gasteiger partial charge in [-0.2, -0.15) is 0 Å². The molecule has 0 fully saturated rings. The molecule has 0 spiro atoms. The number of benzene rings is 5. The molecule has 0 atom stereocenters. The Kier molecular flexibility index (Phi) is 5.00. The molecule has 32 heavy (non-hydrogen) atoms. The Hall–Kier alpha value is -3.38. The second-order valence-corrected chi connectivity index (χ2v) is 9.09. The lowest BCUT2D eigenvalue weighted by Crippen LogP contribution is -1.96. The van der Waals surface area contributed by atoms with Gasteiger partial charge < -0.3 is 0 Å². The Morgan fingerprint density at radius 1 is 0.469 bits per heavy atom. The standard InChI is InChI=1S/C32H28/c1-2-4-13-24(14-5-3-1)31-27-16-8-10-18-29(27)32(30-19-11-9-17-28(30)31)26-21-20-23-12-6-7-15-25(23)22-26/h6-13,15-22H,1-5,14H2/b24-13+. The number of allylic oxidation sites excluding steroid dienone is 2. The highest BCUT2D eigenvalue weighted by Gasteiger charge is 2.18. The second-order valence-electron chi connectivity index (χ2n) is 9.09. The predicted molar refractivity (Wildman–Crippen MR) is 140 cm³/mol. The SMILES string of the molecule is C1=C(/c2c3ccccc3c(-c3ccc4ccccc4c3)c3ccccc23)CCCCCC/1. The second kappa shape index (κ2) is 8.28. The fraction of sp³-hybridized carbons (Fsp3) is 0.188. The van der Waals surface area contributed by atoms with Crippen molar-refractivity contribution in [1.82, 2.24) is 0 Å². The molecule has 1 aliphatic rings. The average Bonchev–Trinajstić information content (AvgIpc) is 2.82. The van der Waals surface area contributed by atoms with Crippen LogP contribution in [0, 0.1) is 0 Å². The van der Waals surface area contributed by atoms with E-state index in [1.807, 2.05) is 0 Å². The molecule has 1 aliphatic carbocycles. The van der Waals surface area contributed by atoms with Crippen molar-refractivity contribution < 1.29 is 0 Å². The molecule has 0 heterocycles. The Morgan fingerprint density at radius 2 is 1.06 bits per heavy atom. The molecule has 0 amide bonds. The third-order valence-electron chi connectivity index (χ3n) is 7.08. The zero-order valence-electron chi connectivity index (χ0n) is 18.5. The van der Waals surface area contributed by atoms with Gasteiger partial charge in [-0.25, -0.2) is 0 Å². The monoisotopic (exact) mass is 412 g/mol. The van der Waals surface area contributed by atoms with E-state index in [-0.39, 0.29) is 0 Å². The number of hydrogen-bond donors (Lipinski definition) is 0. The molecule has 0 aliphatic heterocycles. The smallest absolute Gasteiger partial charge is 0.00262 e.